The second kappa shape index (κ2) is 5.95. The van der Waals surface area contributed by atoms with Crippen LogP contribution >= 0.6 is 23.2 Å². The monoisotopic (exact) mass is 295 g/mol. The molecular weight excluding hydrogens is 285 g/mol. The van der Waals surface area contributed by atoms with Crippen LogP contribution in [0.3, 0.4) is 0 Å². The van der Waals surface area contributed by atoms with E-state index in [2.05, 4.69) is 5.32 Å². The molecule has 1 heterocycles. The number of hydrogen-bond acceptors (Lipinski definition) is 2. The predicted molar refractivity (Wildman–Crippen MR) is 77.6 cm³/mol. The number of rotatable bonds is 3. The van der Waals surface area contributed by atoms with E-state index in [0.717, 1.165) is 5.76 Å². The molecule has 1 amide bonds. The number of anilines is 1. The van der Waals surface area contributed by atoms with Crippen LogP contribution in [-0.2, 0) is 4.79 Å². The van der Waals surface area contributed by atoms with Gasteiger partial charge in [0.05, 0.1) is 10.0 Å². The van der Waals surface area contributed by atoms with Crippen molar-refractivity contribution in [2.24, 2.45) is 0 Å². The Morgan fingerprint density at radius 3 is 2.63 bits per heavy atom. The lowest BCUT2D eigenvalue weighted by molar-refractivity contribution is -0.111. The van der Waals surface area contributed by atoms with Gasteiger partial charge in [0.15, 0.2) is 0 Å². The van der Waals surface area contributed by atoms with E-state index in [-0.39, 0.29) is 5.91 Å². The highest BCUT2D eigenvalue weighted by Crippen LogP contribution is 2.24. The minimum atomic E-state index is -0.271. The first-order chi connectivity index (χ1) is 9.04. The van der Waals surface area contributed by atoms with Gasteiger partial charge in [0.2, 0.25) is 5.91 Å². The third-order valence-electron chi connectivity index (χ3n) is 2.35. The molecule has 98 valence electrons. The quantitative estimate of drug-likeness (QED) is 0.844. The lowest BCUT2D eigenvalue weighted by atomic mass is 10.3. The lowest BCUT2D eigenvalue weighted by Gasteiger charge is -2.03. The standard InChI is InChI=1S/C14H11Cl2NO2/c1-9-2-4-11(19-9)5-7-14(18)17-10-3-6-12(15)13(16)8-10/h2-8H,1H3,(H,17,18). The third-order valence-corrected chi connectivity index (χ3v) is 3.09. The molecule has 19 heavy (non-hydrogen) atoms. The number of halogens is 2. The summed E-state index contributed by atoms with van der Waals surface area (Å²) in [5, 5.41) is 3.52. The topological polar surface area (TPSA) is 42.2 Å². The molecule has 0 atom stereocenters. The zero-order valence-corrected chi connectivity index (χ0v) is 11.6. The summed E-state index contributed by atoms with van der Waals surface area (Å²) >= 11 is 11.6. The van der Waals surface area contributed by atoms with Crippen molar-refractivity contribution >= 4 is 40.9 Å². The van der Waals surface area contributed by atoms with Crippen molar-refractivity contribution in [3.63, 3.8) is 0 Å². The molecule has 3 nitrogen and oxygen atoms in total. The Bertz CT molecular complexity index is 632. The van der Waals surface area contributed by atoms with Crippen molar-refractivity contribution in [1.82, 2.24) is 0 Å². The van der Waals surface area contributed by atoms with Gasteiger partial charge in [-0.1, -0.05) is 23.2 Å². The van der Waals surface area contributed by atoms with Gasteiger partial charge < -0.3 is 9.73 Å². The molecule has 1 aromatic carbocycles. The molecule has 0 aliphatic heterocycles. The Morgan fingerprint density at radius 2 is 2.00 bits per heavy atom. The van der Waals surface area contributed by atoms with Crippen molar-refractivity contribution in [2.45, 2.75) is 6.92 Å². The van der Waals surface area contributed by atoms with E-state index in [1.54, 1.807) is 30.3 Å². The van der Waals surface area contributed by atoms with E-state index < -0.39 is 0 Å². The van der Waals surface area contributed by atoms with Crippen molar-refractivity contribution in [1.29, 1.82) is 0 Å². The van der Waals surface area contributed by atoms with Crippen molar-refractivity contribution in [3.8, 4) is 0 Å². The molecule has 0 aliphatic carbocycles. The summed E-state index contributed by atoms with van der Waals surface area (Å²) in [6.07, 6.45) is 2.99. The highest BCUT2D eigenvalue weighted by Gasteiger charge is 2.02. The molecular formula is C14H11Cl2NO2. The third kappa shape index (κ3) is 3.88. The molecule has 0 saturated carbocycles. The van der Waals surface area contributed by atoms with Crippen LogP contribution in [0.25, 0.3) is 6.08 Å². The van der Waals surface area contributed by atoms with Gasteiger partial charge in [-0.3, -0.25) is 4.79 Å². The predicted octanol–water partition coefficient (Wildman–Crippen LogP) is 4.55. The number of nitrogens with one attached hydrogen (secondary N) is 1. The first kappa shape index (κ1) is 13.7. The number of aryl methyl sites for hydroxylation is 1. The number of benzene rings is 1. The van der Waals surface area contributed by atoms with Gasteiger partial charge >= 0.3 is 0 Å². The SMILES string of the molecule is Cc1ccc(C=CC(=O)Nc2ccc(Cl)c(Cl)c2)o1. The Labute approximate surface area is 120 Å². The van der Waals surface area contributed by atoms with Gasteiger partial charge in [0.1, 0.15) is 11.5 Å². The molecule has 2 aromatic rings. The Hall–Kier alpha value is -1.71. The van der Waals surface area contributed by atoms with E-state index in [1.807, 2.05) is 13.0 Å². The van der Waals surface area contributed by atoms with Gasteiger partial charge in [-0.2, -0.15) is 0 Å². The van der Waals surface area contributed by atoms with Crippen LogP contribution in [0, 0.1) is 6.92 Å². The first-order valence-corrected chi connectivity index (χ1v) is 6.31. The average molecular weight is 296 g/mol. The summed E-state index contributed by atoms with van der Waals surface area (Å²) in [4.78, 5) is 11.7. The van der Waals surface area contributed by atoms with Crippen LogP contribution in [0.5, 0.6) is 0 Å². The fourth-order valence-corrected chi connectivity index (χ4v) is 1.76. The molecule has 0 aliphatic rings. The largest absolute Gasteiger partial charge is 0.462 e. The zero-order valence-electron chi connectivity index (χ0n) is 10.1. The highest BCUT2D eigenvalue weighted by molar-refractivity contribution is 6.42. The molecule has 2 rings (SSSR count). The maximum Gasteiger partial charge on any atom is 0.248 e. The minimum absolute atomic E-state index is 0.271. The number of carbonyl (C=O) groups is 1. The number of amides is 1. The van der Waals surface area contributed by atoms with Gasteiger partial charge in [0, 0.05) is 11.8 Å². The first-order valence-electron chi connectivity index (χ1n) is 5.55. The Kier molecular flexibility index (Phi) is 4.30. The molecule has 0 saturated heterocycles. The van der Waals surface area contributed by atoms with Crippen LogP contribution in [0.2, 0.25) is 10.0 Å². The average Bonchev–Trinajstić information content (AvgIpc) is 2.77. The summed E-state index contributed by atoms with van der Waals surface area (Å²) in [6.45, 7) is 1.84. The highest BCUT2D eigenvalue weighted by atomic mass is 35.5. The van der Waals surface area contributed by atoms with Crippen LogP contribution in [0.1, 0.15) is 11.5 Å². The Morgan fingerprint density at radius 1 is 1.21 bits per heavy atom. The van der Waals surface area contributed by atoms with Crippen molar-refractivity contribution in [3.05, 3.63) is 58.0 Å². The fraction of sp³-hybridized carbons (Fsp3) is 0.0714. The van der Waals surface area contributed by atoms with Crippen LogP contribution < -0.4 is 5.32 Å². The zero-order chi connectivity index (χ0) is 13.8. The number of carbonyl (C=O) groups excluding carboxylic acids is 1. The normalized spacial score (nSPS) is 10.9. The number of furan rings is 1. The van der Waals surface area contributed by atoms with Gasteiger partial charge in [0.25, 0.3) is 0 Å². The van der Waals surface area contributed by atoms with Crippen LogP contribution in [0.15, 0.2) is 40.8 Å². The molecule has 0 radical (unpaired) electrons. The second-order valence-electron chi connectivity index (χ2n) is 3.90. The molecule has 5 heteroatoms. The Balaban J connectivity index is 2.01. The summed E-state index contributed by atoms with van der Waals surface area (Å²) in [7, 11) is 0. The molecule has 0 fully saturated rings. The van der Waals surface area contributed by atoms with Crippen molar-refractivity contribution in [2.75, 3.05) is 5.32 Å². The lowest BCUT2D eigenvalue weighted by Crippen LogP contribution is -2.07. The second-order valence-corrected chi connectivity index (χ2v) is 4.71. The molecule has 1 aromatic heterocycles. The molecule has 0 bridgehead atoms. The van der Waals surface area contributed by atoms with E-state index in [9.17, 15) is 4.79 Å². The van der Waals surface area contributed by atoms with Gasteiger partial charge in [-0.05, 0) is 43.3 Å². The molecule has 0 spiro atoms. The smallest absolute Gasteiger partial charge is 0.248 e. The maximum atomic E-state index is 11.7. The summed E-state index contributed by atoms with van der Waals surface area (Å²) < 4.78 is 5.31. The van der Waals surface area contributed by atoms with E-state index in [0.29, 0.717) is 21.5 Å². The number of hydrogen-bond donors (Lipinski definition) is 1. The summed E-state index contributed by atoms with van der Waals surface area (Å²) in [5.41, 5.74) is 0.583. The van der Waals surface area contributed by atoms with Gasteiger partial charge in [-0.25, -0.2) is 0 Å². The maximum absolute atomic E-state index is 11.7. The summed E-state index contributed by atoms with van der Waals surface area (Å²) in [5.74, 6) is 1.15. The molecule has 1 N–H and O–H groups in total. The van der Waals surface area contributed by atoms with Crippen LogP contribution in [-0.4, -0.2) is 5.91 Å². The van der Waals surface area contributed by atoms with E-state index in [1.165, 1.54) is 6.08 Å². The van der Waals surface area contributed by atoms with E-state index >= 15 is 0 Å². The molecule has 0 unspecified atom stereocenters. The summed E-state index contributed by atoms with van der Waals surface area (Å²) in [6, 6.07) is 8.51. The minimum Gasteiger partial charge on any atom is -0.462 e. The van der Waals surface area contributed by atoms with Crippen molar-refractivity contribution < 1.29 is 9.21 Å². The van der Waals surface area contributed by atoms with E-state index in [4.69, 9.17) is 27.6 Å². The van der Waals surface area contributed by atoms with Crippen LogP contribution in [0.4, 0.5) is 5.69 Å². The van der Waals surface area contributed by atoms with Gasteiger partial charge in [-0.15, -0.1) is 0 Å². The fourth-order valence-electron chi connectivity index (χ4n) is 1.46.